The standard InChI is InChI=1S/C21H25N3O11P2/c25-18-16(11-34-37(31,32)12-36(28,29)30)35-20(19(18)26)24-8-7-17(22-21(24)27)23-33-10-13-5-6-14-3-1-2-4-15(14)9-13/h1-9,16,18-20,25-26H,10-12H2,(H,31,32)(H,22,23,27)(H2,28,29,30)/t16-,18+,19?,20-/m1/s1. The number of aliphatic hydroxyl groups is 2. The van der Waals surface area contributed by atoms with Crippen LogP contribution in [0, 0.1) is 0 Å². The van der Waals surface area contributed by atoms with E-state index in [1.807, 2.05) is 42.5 Å². The largest absolute Gasteiger partial charge is 0.387 e. The molecule has 1 saturated heterocycles. The van der Waals surface area contributed by atoms with Crippen LogP contribution in [0.1, 0.15) is 11.8 Å². The molecular weight excluding hydrogens is 532 g/mol. The van der Waals surface area contributed by atoms with Crippen molar-refractivity contribution in [3.8, 4) is 0 Å². The van der Waals surface area contributed by atoms with Gasteiger partial charge in [-0.3, -0.25) is 18.5 Å². The van der Waals surface area contributed by atoms with Gasteiger partial charge in [0.1, 0.15) is 18.3 Å². The molecule has 4 rings (SSSR count). The van der Waals surface area contributed by atoms with E-state index in [2.05, 4.69) is 15.0 Å². The fraction of sp³-hybridized carbons (Fsp3) is 0.333. The quantitative estimate of drug-likeness (QED) is 0.151. The average molecular weight is 557 g/mol. The average Bonchev–Trinajstić information content (AvgIpc) is 3.10. The summed E-state index contributed by atoms with van der Waals surface area (Å²) in [5.74, 6) is -1.34. The highest BCUT2D eigenvalue weighted by Gasteiger charge is 2.45. The number of nitrogens with zero attached hydrogens (tertiary/aromatic N) is 2. The molecule has 1 aliphatic heterocycles. The number of fused-ring (bicyclic) bond motifs is 1. The first kappa shape index (κ1) is 27.6. The van der Waals surface area contributed by atoms with Gasteiger partial charge in [-0.2, -0.15) is 4.98 Å². The molecule has 0 saturated carbocycles. The van der Waals surface area contributed by atoms with E-state index in [0.717, 1.165) is 20.9 Å². The number of rotatable bonds is 10. The molecule has 2 heterocycles. The van der Waals surface area contributed by atoms with Crippen molar-refractivity contribution in [3.63, 3.8) is 0 Å². The molecule has 0 aliphatic carbocycles. The number of hydrogen-bond donors (Lipinski definition) is 6. The van der Waals surface area contributed by atoms with E-state index in [9.17, 15) is 29.0 Å². The van der Waals surface area contributed by atoms with Gasteiger partial charge in [0.25, 0.3) is 0 Å². The van der Waals surface area contributed by atoms with Gasteiger partial charge in [-0.15, -0.1) is 0 Å². The highest BCUT2D eigenvalue weighted by molar-refractivity contribution is 7.70. The summed E-state index contributed by atoms with van der Waals surface area (Å²) in [5.41, 5.74) is 2.60. The van der Waals surface area contributed by atoms with Crippen molar-refractivity contribution in [2.24, 2.45) is 0 Å². The van der Waals surface area contributed by atoms with Crippen LogP contribution in [0.3, 0.4) is 0 Å². The molecule has 37 heavy (non-hydrogen) atoms. The Morgan fingerprint density at radius 1 is 1.03 bits per heavy atom. The molecule has 1 fully saturated rings. The Morgan fingerprint density at radius 3 is 2.46 bits per heavy atom. The van der Waals surface area contributed by atoms with Gasteiger partial charge in [0, 0.05) is 6.20 Å². The first-order valence-electron chi connectivity index (χ1n) is 10.9. The second kappa shape index (κ2) is 11.1. The van der Waals surface area contributed by atoms with E-state index in [0.29, 0.717) is 0 Å². The Kier molecular flexibility index (Phi) is 8.26. The molecule has 6 N–H and O–H groups in total. The lowest BCUT2D eigenvalue weighted by Crippen LogP contribution is -2.36. The minimum absolute atomic E-state index is 0.0774. The van der Waals surface area contributed by atoms with Crippen LogP contribution in [0.4, 0.5) is 5.82 Å². The van der Waals surface area contributed by atoms with Crippen molar-refractivity contribution in [1.29, 1.82) is 0 Å². The Bertz CT molecular complexity index is 1410. The third kappa shape index (κ3) is 7.09. The summed E-state index contributed by atoms with van der Waals surface area (Å²) in [6.45, 7) is -0.586. The van der Waals surface area contributed by atoms with E-state index in [1.165, 1.54) is 12.3 Å². The van der Waals surface area contributed by atoms with Crippen molar-refractivity contribution in [2.75, 3.05) is 18.0 Å². The molecule has 0 radical (unpaired) electrons. The van der Waals surface area contributed by atoms with Crippen LogP contribution in [0.2, 0.25) is 0 Å². The smallest absolute Gasteiger partial charge is 0.351 e. The number of aromatic nitrogens is 2. The van der Waals surface area contributed by atoms with Crippen LogP contribution in [-0.4, -0.2) is 65.3 Å². The first-order valence-corrected chi connectivity index (χ1v) is 14.5. The zero-order chi connectivity index (χ0) is 26.8. The van der Waals surface area contributed by atoms with Gasteiger partial charge < -0.3 is 34.2 Å². The normalized spacial score (nSPS) is 23.7. The summed E-state index contributed by atoms with van der Waals surface area (Å²) in [5, 5.41) is 22.7. The van der Waals surface area contributed by atoms with Gasteiger partial charge in [0.15, 0.2) is 17.9 Å². The Balaban J connectivity index is 1.35. The lowest BCUT2D eigenvalue weighted by atomic mass is 10.1. The number of nitrogens with one attached hydrogen (secondary N) is 1. The fourth-order valence-electron chi connectivity index (χ4n) is 3.75. The summed E-state index contributed by atoms with van der Waals surface area (Å²) in [6, 6.07) is 15.1. The number of ether oxygens (including phenoxy) is 1. The zero-order valence-corrected chi connectivity index (χ0v) is 20.9. The fourth-order valence-corrected chi connectivity index (χ4v) is 6.31. The number of anilines is 1. The van der Waals surface area contributed by atoms with E-state index in [4.69, 9.17) is 19.4 Å². The lowest BCUT2D eigenvalue weighted by Gasteiger charge is -2.18. The molecule has 3 aromatic rings. The molecular formula is C21H25N3O11P2. The Morgan fingerprint density at radius 2 is 1.76 bits per heavy atom. The van der Waals surface area contributed by atoms with Crippen LogP contribution in [0.15, 0.2) is 59.5 Å². The van der Waals surface area contributed by atoms with Crippen LogP contribution in [0.5, 0.6) is 0 Å². The van der Waals surface area contributed by atoms with Crippen molar-refractivity contribution in [1.82, 2.24) is 9.55 Å². The summed E-state index contributed by atoms with van der Waals surface area (Å²) in [4.78, 5) is 49.0. The second-order valence-electron chi connectivity index (χ2n) is 8.36. The van der Waals surface area contributed by atoms with Crippen molar-refractivity contribution in [2.45, 2.75) is 31.1 Å². The van der Waals surface area contributed by atoms with Gasteiger partial charge in [-0.1, -0.05) is 36.4 Å². The second-order valence-corrected chi connectivity index (χ2v) is 12.4. The molecule has 200 valence electrons. The van der Waals surface area contributed by atoms with Gasteiger partial charge in [-0.05, 0) is 28.5 Å². The highest BCUT2D eigenvalue weighted by atomic mass is 31.2. The number of benzene rings is 2. The van der Waals surface area contributed by atoms with Gasteiger partial charge >= 0.3 is 20.9 Å². The predicted molar refractivity (Wildman–Crippen MR) is 129 cm³/mol. The molecule has 0 amide bonds. The monoisotopic (exact) mass is 557 g/mol. The highest BCUT2D eigenvalue weighted by Crippen LogP contribution is 2.55. The predicted octanol–water partition coefficient (Wildman–Crippen LogP) is 0.897. The first-order chi connectivity index (χ1) is 17.4. The molecule has 2 aromatic carbocycles. The molecule has 2 unspecified atom stereocenters. The molecule has 14 nitrogen and oxygen atoms in total. The third-order valence-electron chi connectivity index (χ3n) is 5.47. The summed E-state index contributed by atoms with van der Waals surface area (Å²) < 4.78 is 33.7. The topological polar surface area (TPSA) is 210 Å². The van der Waals surface area contributed by atoms with E-state index in [1.54, 1.807) is 0 Å². The summed E-state index contributed by atoms with van der Waals surface area (Å²) in [7, 11) is -9.55. The van der Waals surface area contributed by atoms with Crippen molar-refractivity contribution >= 4 is 31.8 Å². The van der Waals surface area contributed by atoms with Gasteiger partial charge in [0.05, 0.1) is 13.2 Å². The molecule has 5 atom stereocenters. The molecule has 16 heteroatoms. The zero-order valence-electron chi connectivity index (χ0n) is 19.1. The molecule has 0 spiro atoms. The third-order valence-corrected chi connectivity index (χ3v) is 8.93. The summed E-state index contributed by atoms with van der Waals surface area (Å²) in [6.07, 6.45) is -4.79. The van der Waals surface area contributed by atoms with Gasteiger partial charge in [-0.25, -0.2) is 10.3 Å². The van der Waals surface area contributed by atoms with Crippen LogP contribution in [0.25, 0.3) is 10.8 Å². The maximum atomic E-state index is 12.5. The molecule has 0 bridgehead atoms. The van der Waals surface area contributed by atoms with E-state index in [-0.39, 0.29) is 12.4 Å². The SMILES string of the molecule is O=c1nc(NOCc2ccc3ccccc3c2)ccn1[C@@H]1O[C@H](COP(=O)(O)CP(=O)(O)O)[C@H](O)C1O. The Hall–Kier alpha value is -2.48. The van der Waals surface area contributed by atoms with Crippen LogP contribution >= 0.6 is 15.2 Å². The van der Waals surface area contributed by atoms with Gasteiger partial charge in [0.2, 0.25) is 0 Å². The minimum Gasteiger partial charge on any atom is -0.387 e. The summed E-state index contributed by atoms with van der Waals surface area (Å²) >= 11 is 0. The lowest BCUT2D eigenvalue weighted by molar-refractivity contribution is -0.0523. The van der Waals surface area contributed by atoms with Crippen molar-refractivity contribution in [3.05, 3.63) is 70.8 Å². The minimum atomic E-state index is -4.84. The Labute approximate surface area is 209 Å². The van der Waals surface area contributed by atoms with E-state index < -0.39 is 57.9 Å². The maximum absolute atomic E-state index is 12.5. The van der Waals surface area contributed by atoms with Crippen LogP contribution in [-0.2, 0) is 29.8 Å². The van der Waals surface area contributed by atoms with E-state index >= 15 is 0 Å². The molecule has 1 aromatic heterocycles. The van der Waals surface area contributed by atoms with Crippen molar-refractivity contribution < 1.29 is 48.1 Å². The number of hydrogen-bond acceptors (Lipinski definition) is 10. The van der Waals surface area contributed by atoms with Crippen LogP contribution < -0.4 is 11.2 Å². The molecule has 1 aliphatic rings. The number of aliphatic hydroxyl groups excluding tert-OH is 2. The maximum Gasteiger partial charge on any atom is 0.351 e.